The molecule has 8 nitrogen and oxygen atoms in total. The lowest BCUT2D eigenvalue weighted by Crippen LogP contribution is -2.21. The third-order valence-electron chi connectivity index (χ3n) is 5.17. The highest BCUT2D eigenvalue weighted by molar-refractivity contribution is 5.90. The highest BCUT2D eigenvalue weighted by Crippen LogP contribution is 2.38. The lowest BCUT2D eigenvalue weighted by molar-refractivity contribution is -0.137. The Balaban J connectivity index is 1.70. The first kappa shape index (κ1) is 19.4. The number of nitrogen functional groups attached to an aromatic ring is 1. The van der Waals surface area contributed by atoms with Crippen molar-refractivity contribution in [1.29, 1.82) is 0 Å². The predicted molar refractivity (Wildman–Crippen MR) is 97.1 cm³/mol. The third kappa shape index (κ3) is 3.82. The average molecular weight is 408 g/mol. The number of hydrogen-bond donors (Lipinski definition) is 2. The van der Waals surface area contributed by atoms with Crippen molar-refractivity contribution in [3.05, 3.63) is 30.2 Å². The molecule has 1 aliphatic carbocycles. The van der Waals surface area contributed by atoms with Gasteiger partial charge in [-0.15, -0.1) is 5.10 Å². The van der Waals surface area contributed by atoms with Gasteiger partial charge in [0, 0.05) is 18.9 Å². The normalized spacial score (nSPS) is 20.1. The lowest BCUT2D eigenvalue weighted by atomic mass is 9.87. The van der Waals surface area contributed by atoms with Gasteiger partial charge in [-0.05, 0) is 37.7 Å². The highest BCUT2D eigenvalue weighted by Gasteiger charge is 2.31. The average Bonchev–Trinajstić information content (AvgIpc) is 3.07. The van der Waals surface area contributed by atoms with Gasteiger partial charge in [-0.3, -0.25) is 0 Å². The molecule has 0 radical (unpaired) electrons. The Morgan fingerprint density at radius 3 is 2.62 bits per heavy atom. The summed E-state index contributed by atoms with van der Waals surface area (Å²) in [7, 11) is 0. The fraction of sp³-hybridized carbons (Fsp3) is 0.444. The van der Waals surface area contributed by atoms with E-state index in [1.165, 1.54) is 6.33 Å². The van der Waals surface area contributed by atoms with E-state index in [-0.39, 0.29) is 36.1 Å². The van der Waals surface area contributed by atoms with E-state index in [0.717, 1.165) is 44.0 Å². The molecule has 0 spiro atoms. The summed E-state index contributed by atoms with van der Waals surface area (Å²) >= 11 is 0. The summed E-state index contributed by atoms with van der Waals surface area (Å²) in [6, 6.07) is 1.68. The van der Waals surface area contributed by atoms with Crippen molar-refractivity contribution in [2.45, 2.75) is 37.9 Å². The molecule has 154 valence electrons. The fourth-order valence-corrected chi connectivity index (χ4v) is 3.60. The number of pyridine rings is 1. The zero-order chi connectivity index (χ0) is 20.6. The summed E-state index contributed by atoms with van der Waals surface area (Å²) in [6.07, 6.45) is 1.06. The molecular weight excluding hydrogens is 389 g/mol. The zero-order valence-electron chi connectivity index (χ0n) is 15.3. The second-order valence-electron chi connectivity index (χ2n) is 7.05. The van der Waals surface area contributed by atoms with E-state index in [9.17, 15) is 18.3 Å². The molecule has 0 unspecified atom stereocenters. The summed E-state index contributed by atoms with van der Waals surface area (Å²) in [5.41, 5.74) is 5.55. The summed E-state index contributed by atoms with van der Waals surface area (Å²) in [6.45, 7) is 0.150. The van der Waals surface area contributed by atoms with Crippen molar-refractivity contribution in [2.24, 2.45) is 5.92 Å². The number of nitrogens with zero attached hydrogens (tertiary/aromatic N) is 5. The number of hydrogen-bond acceptors (Lipinski definition) is 7. The minimum atomic E-state index is -4.52. The number of fused-ring (bicyclic) bond motifs is 1. The van der Waals surface area contributed by atoms with E-state index < -0.39 is 11.7 Å². The molecule has 3 aromatic heterocycles. The molecule has 29 heavy (non-hydrogen) atoms. The molecule has 0 aliphatic heterocycles. The Kier molecular flexibility index (Phi) is 4.99. The monoisotopic (exact) mass is 408 g/mol. The molecule has 3 N–H and O–H groups in total. The molecule has 11 heteroatoms. The first-order chi connectivity index (χ1) is 13.9. The van der Waals surface area contributed by atoms with Crippen LogP contribution in [-0.4, -0.2) is 36.4 Å². The van der Waals surface area contributed by atoms with Crippen molar-refractivity contribution in [3.8, 4) is 11.8 Å². The Bertz CT molecular complexity index is 1010. The van der Waals surface area contributed by atoms with Gasteiger partial charge in [0.05, 0.1) is 11.6 Å². The standard InChI is InChI=1S/C18H19F3N6O2/c19-18(20,21)11-5-6-23-13(7-11)29-17-14-15(22)24-9-25-16(14)27(26-17)12-3-1-10(8-28)2-4-12/h5-7,9-10,12,28H,1-4,8H2,(H2,22,24,25). The van der Waals surface area contributed by atoms with E-state index >= 15 is 0 Å². The molecule has 0 amide bonds. The van der Waals surface area contributed by atoms with Crippen molar-refractivity contribution in [2.75, 3.05) is 12.3 Å². The Morgan fingerprint density at radius 2 is 1.93 bits per heavy atom. The minimum Gasteiger partial charge on any atom is -0.418 e. The van der Waals surface area contributed by atoms with Crippen molar-refractivity contribution < 1.29 is 23.0 Å². The number of aromatic nitrogens is 5. The van der Waals surface area contributed by atoms with Crippen LogP contribution in [0.15, 0.2) is 24.7 Å². The number of aliphatic hydroxyl groups excluding tert-OH is 1. The highest BCUT2D eigenvalue weighted by atomic mass is 19.4. The second kappa shape index (κ2) is 7.47. The number of rotatable bonds is 4. The first-order valence-corrected chi connectivity index (χ1v) is 9.17. The molecule has 0 aromatic carbocycles. The largest absolute Gasteiger partial charge is 0.418 e. The van der Waals surface area contributed by atoms with E-state index in [4.69, 9.17) is 10.5 Å². The molecule has 3 aromatic rings. The molecule has 0 atom stereocenters. The van der Waals surface area contributed by atoms with Crippen LogP contribution in [0.4, 0.5) is 19.0 Å². The van der Waals surface area contributed by atoms with Crippen molar-refractivity contribution in [1.82, 2.24) is 24.7 Å². The number of nitrogens with two attached hydrogens (primary N) is 1. The van der Waals surface area contributed by atoms with Crippen LogP contribution in [0.5, 0.6) is 11.8 Å². The van der Waals surface area contributed by atoms with E-state index in [0.29, 0.717) is 11.0 Å². The summed E-state index contributed by atoms with van der Waals surface area (Å²) in [4.78, 5) is 12.1. The predicted octanol–water partition coefficient (Wildman–Crippen LogP) is 3.34. The fourth-order valence-electron chi connectivity index (χ4n) is 3.60. The van der Waals surface area contributed by atoms with Crippen LogP contribution in [0.1, 0.15) is 37.3 Å². The number of anilines is 1. The first-order valence-electron chi connectivity index (χ1n) is 9.17. The maximum Gasteiger partial charge on any atom is 0.416 e. The SMILES string of the molecule is Nc1ncnc2c1c(Oc1cc(C(F)(F)F)ccn1)nn2C1CCC(CO)CC1. The van der Waals surface area contributed by atoms with Crippen LogP contribution in [0.25, 0.3) is 11.0 Å². The van der Waals surface area contributed by atoms with E-state index in [1.54, 1.807) is 4.68 Å². The second-order valence-corrected chi connectivity index (χ2v) is 7.05. The topological polar surface area (TPSA) is 112 Å². The van der Waals surface area contributed by atoms with Gasteiger partial charge < -0.3 is 15.6 Å². The molecule has 0 saturated heterocycles. The molecule has 0 bridgehead atoms. The number of aliphatic hydroxyl groups is 1. The molecule has 1 saturated carbocycles. The number of ether oxygens (including phenoxy) is 1. The summed E-state index contributed by atoms with van der Waals surface area (Å²) in [5.74, 6) is 0.137. The van der Waals surface area contributed by atoms with Crippen LogP contribution in [0.3, 0.4) is 0 Å². The van der Waals surface area contributed by atoms with Gasteiger partial charge in [-0.2, -0.15) is 13.2 Å². The number of alkyl halides is 3. The van der Waals surface area contributed by atoms with Gasteiger partial charge in [0.25, 0.3) is 5.88 Å². The van der Waals surface area contributed by atoms with Gasteiger partial charge in [0.15, 0.2) is 5.65 Å². The van der Waals surface area contributed by atoms with Crippen LogP contribution in [0.2, 0.25) is 0 Å². The molecule has 4 rings (SSSR count). The van der Waals surface area contributed by atoms with Crippen LogP contribution in [0, 0.1) is 5.92 Å². The van der Waals surface area contributed by atoms with Crippen LogP contribution in [-0.2, 0) is 6.18 Å². The van der Waals surface area contributed by atoms with Crippen molar-refractivity contribution >= 4 is 16.9 Å². The Hall–Kier alpha value is -2.95. The summed E-state index contributed by atoms with van der Waals surface area (Å²) in [5, 5.41) is 14.1. The smallest absolute Gasteiger partial charge is 0.416 e. The molecule has 1 fully saturated rings. The summed E-state index contributed by atoms with van der Waals surface area (Å²) < 4.78 is 46.2. The minimum absolute atomic E-state index is 0.00852. The van der Waals surface area contributed by atoms with Gasteiger partial charge in [0.2, 0.25) is 5.88 Å². The maximum atomic E-state index is 13.0. The van der Waals surface area contributed by atoms with Gasteiger partial charge >= 0.3 is 6.18 Å². The zero-order valence-corrected chi connectivity index (χ0v) is 15.3. The lowest BCUT2D eigenvalue weighted by Gasteiger charge is -2.27. The van der Waals surface area contributed by atoms with E-state index in [2.05, 4.69) is 20.1 Å². The molecular formula is C18H19F3N6O2. The van der Waals surface area contributed by atoms with Gasteiger partial charge in [-0.1, -0.05) is 0 Å². The van der Waals surface area contributed by atoms with Crippen LogP contribution >= 0.6 is 0 Å². The Labute approximate surface area is 163 Å². The quantitative estimate of drug-likeness (QED) is 0.681. The van der Waals surface area contributed by atoms with Gasteiger partial charge in [-0.25, -0.2) is 19.6 Å². The van der Waals surface area contributed by atoms with Gasteiger partial charge in [0.1, 0.15) is 17.5 Å². The maximum absolute atomic E-state index is 13.0. The molecule has 1 aliphatic rings. The van der Waals surface area contributed by atoms with E-state index in [1.807, 2.05) is 0 Å². The molecule has 3 heterocycles. The number of halogens is 3. The van der Waals surface area contributed by atoms with Crippen LogP contribution < -0.4 is 10.5 Å². The third-order valence-corrected chi connectivity index (χ3v) is 5.17. The van der Waals surface area contributed by atoms with Crippen molar-refractivity contribution in [3.63, 3.8) is 0 Å². The Morgan fingerprint density at radius 1 is 1.17 bits per heavy atom.